The Hall–Kier alpha value is -2.13. The molecule has 0 saturated heterocycles. The predicted molar refractivity (Wildman–Crippen MR) is 93.5 cm³/mol. The molecule has 1 aromatic carbocycles. The van der Waals surface area contributed by atoms with Gasteiger partial charge >= 0.3 is 0 Å². The van der Waals surface area contributed by atoms with Crippen molar-refractivity contribution in [2.75, 3.05) is 11.8 Å². The summed E-state index contributed by atoms with van der Waals surface area (Å²) >= 11 is 1.36. The number of nitrogens with zero attached hydrogens (tertiary/aromatic N) is 3. The minimum absolute atomic E-state index is 0.0524. The summed E-state index contributed by atoms with van der Waals surface area (Å²) in [7, 11) is -2.38. The van der Waals surface area contributed by atoms with Crippen LogP contribution in [0, 0.1) is 6.92 Å². The van der Waals surface area contributed by atoms with Crippen molar-refractivity contribution >= 4 is 32.0 Å². The maximum Gasteiger partial charge on any atom is 0.281 e. The molecule has 0 aliphatic heterocycles. The largest absolute Gasteiger partial charge is 0.495 e. The third-order valence-corrected chi connectivity index (χ3v) is 5.64. The predicted octanol–water partition coefficient (Wildman–Crippen LogP) is 3.03. The van der Waals surface area contributed by atoms with Crippen LogP contribution in [0.1, 0.15) is 30.5 Å². The summed E-state index contributed by atoms with van der Waals surface area (Å²) in [5.74, 6) is 0.394. The van der Waals surface area contributed by atoms with E-state index in [-0.39, 0.29) is 10.9 Å². The first-order chi connectivity index (χ1) is 11.3. The van der Waals surface area contributed by atoms with Gasteiger partial charge in [0.15, 0.2) is 0 Å². The molecule has 24 heavy (non-hydrogen) atoms. The Morgan fingerprint density at radius 1 is 1.29 bits per heavy atom. The number of nitrogens with one attached hydrogen (secondary N) is 1. The summed E-state index contributed by atoms with van der Waals surface area (Å²) in [4.78, 5) is 5.02. The van der Waals surface area contributed by atoms with Crippen LogP contribution in [0.2, 0.25) is 0 Å². The number of ether oxygens (including phenoxy) is 1. The molecule has 128 valence electrons. The van der Waals surface area contributed by atoms with Gasteiger partial charge in [0.05, 0.1) is 18.5 Å². The number of aromatic nitrogens is 3. The SMILES string of the molecule is COc1ccccc1NS(=O)(=O)c1c(C(C)C)nc2sc(C)nn12. The number of fused-ring (bicyclic) bond motifs is 1. The molecule has 0 spiro atoms. The topological polar surface area (TPSA) is 85.6 Å². The highest BCUT2D eigenvalue weighted by molar-refractivity contribution is 7.92. The summed E-state index contributed by atoms with van der Waals surface area (Å²) in [6.45, 7) is 5.63. The molecule has 1 N–H and O–H groups in total. The Bertz CT molecular complexity index is 989. The molecule has 2 aromatic heterocycles. The van der Waals surface area contributed by atoms with Crippen molar-refractivity contribution in [1.29, 1.82) is 0 Å². The number of methoxy groups -OCH3 is 1. The summed E-state index contributed by atoms with van der Waals surface area (Å²) in [5.41, 5.74) is 0.868. The van der Waals surface area contributed by atoms with Crippen LogP contribution in [-0.2, 0) is 10.0 Å². The molecule has 0 bridgehead atoms. The van der Waals surface area contributed by atoms with Crippen molar-refractivity contribution < 1.29 is 13.2 Å². The molecule has 0 aliphatic carbocycles. The number of anilines is 1. The van der Waals surface area contributed by atoms with Crippen LogP contribution in [0.3, 0.4) is 0 Å². The van der Waals surface area contributed by atoms with E-state index in [1.807, 2.05) is 20.8 Å². The number of sulfonamides is 1. The Kier molecular flexibility index (Phi) is 4.22. The van der Waals surface area contributed by atoms with Crippen molar-refractivity contribution in [3.63, 3.8) is 0 Å². The van der Waals surface area contributed by atoms with Crippen molar-refractivity contribution in [3.05, 3.63) is 35.0 Å². The first kappa shape index (κ1) is 16.7. The van der Waals surface area contributed by atoms with Crippen LogP contribution in [0.25, 0.3) is 4.96 Å². The lowest BCUT2D eigenvalue weighted by Crippen LogP contribution is -2.18. The second-order valence-corrected chi connectivity index (χ2v) is 8.34. The van der Waals surface area contributed by atoms with Crippen LogP contribution in [-0.4, -0.2) is 30.1 Å². The number of rotatable bonds is 5. The van der Waals surface area contributed by atoms with Crippen LogP contribution in [0.4, 0.5) is 5.69 Å². The Morgan fingerprint density at radius 3 is 2.67 bits per heavy atom. The number of para-hydroxylation sites is 2. The normalized spacial score (nSPS) is 12.0. The van der Waals surface area contributed by atoms with Crippen LogP contribution in [0.5, 0.6) is 5.75 Å². The lowest BCUT2D eigenvalue weighted by molar-refractivity contribution is 0.417. The maximum atomic E-state index is 13.0. The Labute approximate surface area is 144 Å². The minimum atomic E-state index is -3.88. The third-order valence-electron chi connectivity index (χ3n) is 3.44. The first-order valence-corrected chi connectivity index (χ1v) is 9.65. The molecule has 0 aliphatic rings. The number of aryl methyl sites for hydroxylation is 1. The Balaban J connectivity index is 2.15. The molecule has 7 nitrogen and oxygen atoms in total. The quantitative estimate of drug-likeness (QED) is 0.750. The van der Waals surface area contributed by atoms with Gasteiger partial charge in [0, 0.05) is 0 Å². The summed E-state index contributed by atoms with van der Waals surface area (Å²) in [5, 5.41) is 5.11. The lowest BCUT2D eigenvalue weighted by atomic mass is 10.2. The molecule has 0 radical (unpaired) electrons. The van der Waals surface area contributed by atoms with Crippen LogP contribution >= 0.6 is 11.3 Å². The summed E-state index contributed by atoms with van der Waals surface area (Å²) in [6.07, 6.45) is 0. The number of hydrogen-bond donors (Lipinski definition) is 1. The summed E-state index contributed by atoms with van der Waals surface area (Å²) in [6, 6.07) is 6.86. The molecular weight excluding hydrogens is 348 g/mol. The zero-order valence-electron chi connectivity index (χ0n) is 13.8. The molecule has 3 rings (SSSR count). The van der Waals surface area contributed by atoms with Crippen LogP contribution in [0.15, 0.2) is 29.3 Å². The van der Waals surface area contributed by atoms with Crippen molar-refractivity contribution in [2.24, 2.45) is 0 Å². The van der Waals surface area contributed by atoms with Gasteiger partial charge in [0.1, 0.15) is 10.8 Å². The lowest BCUT2D eigenvalue weighted by Gasteiger charge is -2.12. The van der Waals surface area contributed by atoms with Crippen molar-refractivity contribution in [2.45, 2.75) is 31.7 Å². The van der Waals surface area contributed by atoms with Gasteiger partial charge < -0.3 is 4.74 Å². The van der Waals surface area contributed by atoms with E-state index in [2.05, 4.69) is 14.8 Å². The smallest absolute Gasteiger partial charge is 0.281 e. The molecule has 3 aromatic rings. The van der Waals surface area contributed by atoms with Gasteiger partial charge in [-0.1, -0.05) is 37.3 Å². The first-order valence-electron chi connectivity index (χ1n) is 7.35. The second-order valence-electron chi connectivity index (χ2n) is 5.58. The number of hydrogen-bond acceptors (Lipinski definition) is 6. The van der Waals surface area contributed by atoms with Gasteiger partial charge in [-0.25, -0.2) is 4.98 Å². The van der Waals surface area contributed by atoms with Crippen LogP contribution < -0.4 is 9.46 Å². The van der Waals surface area contributed by atoms with E-state index in [4.69, 9.17) is 4.74 Å². The highest BCUT2D eigenvalue weighted by Gasteiger charge is 2.29. The van der Waals surface area contributed by atoms with Gasteiger partial charge in [-0.05, 0) is 25.0 Å². The molecule has 9 heteroatoms. The van der Waals surface area contributed by atoms with Gasteiger partial charge in [0.25, 0.3) is 10.0 Å². The second kappa shape index (κ2) is 6.06. The van der Waals surface area contributed by atoms with E-state index in [0.29, 0.717) is 22.1 Å². The molecule has 0 atom stereocenters. The number of imidazole rings is 1. The van der Waals surface area contributed by atoms with Crippen molar-refractivity contribution in [3.8, 4) is 5.75 Å². The van der Waals surface area contributed by atoms with E-state index in [9.17, 15) is 8.42 Å². The molecule has 0 saturated carbocycles. The van der Waals surface area contributed by atoms with Gasteiger partial charge in [-0.2, -0.15) is 18.0 Å². The fourth-order valence-corrected chi connectivity index (χ4v) is 4.66. The molecule has 2 heterocycles. The van der Waals surface area contributed by atoms with E-state index in [0.717, 1.165) is 5.01 Å². The fraction of sp³-hybridized carbons (Fsp3) is 0.333. The average molecular weight is 366 g/mol. The zero-order chi connectivity index (χ0) is 17.5. The monoisotopic (exact) mass is 366 g/mol. The van der Waals surface area contributed by atoms with Gasteiger partial charge in [-0.3, -0.25) is 4.72 Å². The summed E-state index contributed by atoms with van der Waals surface area (Å²) < 4.78 is 35.2. The zero-order valence-corrected chi connectivity index (χ0v) is 15.4. The Morgan fingerprint density at radius 2 is 2.00 bits per heavy atom. The van der Waals surface area contributed by atoms with Gasteiger partial charge in [0.2, 0.25) is 9.99 Å². The minimum Gasteiger partial charge on any atom is -0.495 e. The van der Waals surface area contributed by atoms with E-state index < -0.39 is 10.0 Å². The molecule has 0 fully saturated rings. The van der Waals surface area contributed by atoms with Gasteiger partial charge in [-0.15, -0.1) is 0 Å². The van der Waals surface area contributed by atoms with Crippen molar-refractivity contribution in [1.82, 2.24) is 14.6 Å². The highest BCUT2D eigenvalue weighted by Crippen LogP contribution is 2.31. The standard InChI is InChI=1S/C15H18N4O3S2/c1-9(2)13-14(19-15(16-13)23-10(3)17-19)24(20,21)18-11-7-5-6-8-12(11)22-4/h5-9,18H,1-4H3. The third kappa shape index (κ3) is 2.84. The van der Waals surface area contributed by atoms with E-state index in [1.165, 1.54) is 23.0 Å². The molecule has 0 unspecified atom stereocenters. The fourth-order valence-electron chi connectivity index (χ4n) is 2.39. The maximum absolute atomic E-state index is 13.0. The van der Waals surface area contributed by atoms with E-state index in [1.54, 1.807) is 24.3 Å². The molecule has 0 amide bonds. The average Bonchev–Trinajstić information content (AvgIpc) is 3.03. The number of benzene rings is 1. The van der Waals surface area contributed by atoms with E-state index >= 15 is 0 Å². The molecular formula is C15H18N4O3S2. The highest BCUT2D eigenvalue weighted by atomic mass is 32.2.